The van der Waals surface area contributed by atoms with E-state index in [9.17, 15) is 9.59 Å². The molecule has 186 valence electrons. The molecule has 0 saturated carbocycles. The van der Waals surface area contributed by atoms with Gasteiger partial charge in [0, 0.05) is 0 Å². The summed E-state index contributed by atoms with van der Waals surface area (Å²) in [7, 11) is 0. The summed E-state index contributed by atoms with van der Waals surface area (Å²) in [5, 5.41) is -3.53. The Morgan fingerprint density at radius 3 is 0.794 bits per heavy atom. The van der Waals surface area contributed by atoms with Crippen molar-refractivity contribution in [1.29, 1.82) is 0 Å². The van der Waals surface area contributed by atoms with E-state index in [0.717, 1.165) is 0 Å². The van der Waals surface area contributed by atoms with Crippen molar-refractivity contribution in [1.82, 2.24) is 0 Å². The molecule has 0 bridgehead atoms. The lowest BCUT2D eigenvalue weighted by Gasteiger charge is -2.29. The van der Waals surface area contributed by atoms with Crippen LogP contribution in [0.25, 0.3) is 0 Å². The van der Waals surface area contributed by atoms with Gasteiger partial charge in [-0.2, -0.15) is 0 Å². The highest BCUT2D eigenvalue weighted by atomic mass is 35.5. The highest BCUT2D eigenvalue weighted by Crippen LogP contribution is 2.52. The molecule has 0 N–H and O–H groups in total. The van der Waals surface area contributed by atoms with Gasteiger partial charge in [0.2, 0.25) is 0 Å². The van der Waals surface area contributed by atoms with Gasteiger partial charge in [-0.25, -0.2) is 9.59 Å². The molecular weight excluding hydrogens is 753 g/mol. The molecule has 2 rings (SSSR count). The zero-order valence-electron chi connectivity index (χ0n) is 14.9. The van der Waals surface area contributed by atoms with Crippen molar-refractivity contribution in [2.24, 2.45) is 0 Å². The van der Waals surface area contributed by atoms with Crippen LogP contribution in [0.15, 0.2) is 0 Å². The van der Waals surface area contributed by atoms with E-state index >= 15 is 0 Å². The summed E-state index contributed by atoms with van der Waals surface area (Å²) in [6.07, 6.45) is 0. The van der Waals surface area contributed by atoms with Crippen molar-refractivity contribution < 1.29 is 19.1 Å². The molecule has 0 atom stereocenters. The Hall–Kier alpha value is 1.44. The number of hydrogen-bond donors (Lipinski definition) is 0. The summed E-state index contributed by atoms with van der Waals surface area (Å²) >= 11 is 83.2. The standard InChI is InChI=1S/C16Cl14O4/c17-1-3(19)7(23)11(8(24)4(1)20)33-13(31)15(27,28)16(29,30)14(32)34-12-9(25)5(21)2(18)6(22)10(12)26. The van der Waals surface area contributed by atoms with E-state index in [0.29, 0.717) is 0 Å². The minimum Gasteiger partial charge on any atom is -0.421 e. The molecule has 0 spiro atoms. The van der Waals surface area contributed by atoms with Crippen LogP contribution < -0.4 is 9.47 Å². The average Bonchev–Trinajstić information content (AvgIpc) is 2.78. The van der Waals surface area contributed by atoms with Crippen LogP contribution in [0.4, 0.5) is 0 Å². The molecule has 0 unspecified atom stereocenters. The molecule has 0 aliphatic heterocycles. The number of benzene rings is 2. The Balaban J connectivity index is 2.44. The molecule has 2 aromatic rings. The van der Waals surface area contributed by atoms with Gasteiger partial charge in [-0.05, 0) is 0 Å². The molecule has 0 aliphatic rings. The van der Waals surface area contributed by atoms with E-state index in [4.69, 9.17) is 172 Å². The molecule has 18 heteroatoms. The van der Waals surface area contributed by atoms with E-state index in [1.165, 1.54) is 0 Å². The lowest BCUT2D eigenvalue weighted by atomic mass is 10.2. The largest absolute Gasteiger partial charge is 0.421 e. The van der Waals surface area contributed by atoms with Crippen LogP contribution in [0.5, 0.6) is 11.5 Å². The van der Waals surface area contributed by atoms with Crippen molar-refractivity contribution >= 4 is 174 Å². The number of esters is 2. The Kier molecular flexibility index (Phi) is 10.9. The van der Waals surface area contributed by atoms with Crippen molar-refractivity contribution in [2.75, 3.05) is 0 Å². The SMILES string of the molecule is O=C(Oc1c(Cl)c(Cl)c(Cl)c(Cl)c1Cl)C(Cl)(Cl)C(Cl)(Cl)C(=O)Oc1c(Cl)c(Cl)c(Cl)c(Cl)c1Cl. The number of hydrogen-bond acceptors (Lipinski definition) is 4. The zero-order chi connectivity index (χ0) is 26.5. The van der Waals surface area contributed by atoms with Crippen LogP contribution in [-0.4, -0.2) is 20.6 Å². The molecule has 0 saturated heterocycles. The predicted octanol–water partition coefficient (Wildman–Crippen LogP) is 11.1. The third-order valence-corrected chi connectivity index (χ3v) is 10.3. The van der Waals surface area contributed by atoms with Crippen LogP contribution in [0.1, 0.15) is 0 Å². The minimum absolute atomic E-state index is 0.234. The van der Waals surface area contributed by atoms with Gasteiger partial charge < -0.3 is 9.47 Å². The second-order valence-corrected chi connectivity index (χ2v) is 12.2. The van der Waals surface area contributed by atoms with Crippen molar-refractivity contribution in [3.63, 3.8) is 0 Å². The predicted molar refractivity (Wildman–Crippen MR) is 143 cm³/mol. The summed E-state index contributed by atoms with van der Waals surface area (Å²) in [4.78, 5) is 25.5. The topological polar surface area (TPSA) is 52.6 Å². The number of rotatable bonds is 5. The average molecular weight is 753 g/mol. The summed E-state index contributed by atoms with van der Waals surface area (Å²) in [6.45, 7) is 0. The van der Waals surface area contributed by atoms with Gasteiger partial charge in [-0.15, -0.1) is 0 Å². The molecule has 4 nitrogen and oxygen atoms in total. The first-order valence-corrected chi connectivity index (χ1v) is 12.9. The lowest BCUT2D eigenvalue weighted by Crippen LogP contribution is -2.52. The normalized spacial score (nSPS) is 12.1. The first-order chi connectivity index (χ1) is 15.4. The third kappa shape index (κ3) is 5.72. The van der Waals surface area contributed by atoms with E-state index < -0.39 is 52.2 Å². The maximum atomic E-state index is 12.7. The zero-order valence-corrected chi connectivity index (χ0v) is 25.5. The molecule has 0 aromatic heterocycles. The van der Waals surface area contributed by atoms with Crippen molar-refractivity contribution in [3.05, 3.63) is 50.2 Å². The number of halogens is 14. The smallest absolute Gasteiger partial charge is 0.352 e. The van der Waals surface area contributed by atoms with Gasteiger partial charge in [-0.3, -0.25) is 0 Å². The fourth-order valence-electron chi connectivity index (χ4n) is 1.92. The Bertz CT molecular complexity index is 1060. The molecule has 0 fully saturated rings. The van der Waals surface area contributed by atoms with Crippen molar-refractivity contribution in [2.45, 2.75) is 8.67 Å². The molecule has 0 heterocycles. The molecule has 0 radical (unpaired) electrons. The van der Waals surface area contributed by atoms with Crippen molar-refractivity contribution in [3.8, 4) is 11.5 Å². The fraction of sp³-hybridized carbons (Fsp3) is 0.125. The van der Waals surface area contributed by atoms with Gasteiger partial charge >= 0.3 is 11.9 Å². The third-order valence-electron chi connectivity index (χ3n) is 3.64. The Morgan fingerprint density at radius 2 is 0.588 bits per heavy atom. The lowest BCUT2D eigenvalue weighted by molar-refractivity contribution is -0.142. The summed E-state index contributed by atoms with van der Waals surface area (Å²) < 4.78 is 3.78. The summed E-state index contributed by atoms with van der Waals surface area (Å²) in [5.41, 5.74) is 0. The molecule has 34 heavy (non-hydrogen) atoms. The quantitative estimate of drug-likeness (QED) is 0.100. The van der Waals surface area contributed by atoms with Gasteiger partial charge in [0.25, 0.3) is 8.67 Å². The van der Waals surface area contributed by atoms with E-state index in [1.807, 2.05) is 0 Å². The number of carbonyl (C=O) groups is 2. The Labute approximate surface area is 261 Å². The van der Waals surface area contributed by atoms with Gasteiger partial charge in [0.05, 0.1) is 30.1 Å². The fourth-order valence-corrected chi connectivity index (χ4v) is 4.78. The van der Waals surface area contributed by atoms with Crippen LogP contribution >= 0.6 is 162 Å². The highest BCUT2D eigenvalue weighted by Gasteiger charge is 2.61. The molecule has 0 amide bonds. The first kappa shape index (κ1) is 31.7. The second kappa shape index (κ2) is 11.7. The maximum Gasteiger partial charge on any atom is 0.352 e. The van der Waals surface area contributed by atoms with Crippen LogP contribution in [0.2, 0.25) is 50.2 Å². The highest BCUT2D eigenvalue weighted by molar-refractivity contribution is 6.73. The maximum absolute atomic E-state index is 12.7. The van der Waals surface area contributed by atoms with Gasteiger partial charge in [-0.1, -0.05) is 162 Å². The number of alkyl halides is 4. The molecular formula is C16Cl14O4. The van der Waals surface area contributed by atoms with Gasteiger partial charge in [0.1, 0.15) is 20.1 Å². The van der Waals surface area contributed by atoms with Gasteiger partial charge in [0.15, 0.2) is 11.5 Å². The van der Waals surface area contributed by atoms with Crippen LogP contribution in [0.3, 0.4) is 0 Å². The van der Waals surface area contributed by atoms with E-state index in [2.05, 4.69) is 0 Å². The Morgan fingerprint density at radius 1 is 0.412 bits per heavy atom. The second-order valence-electron chi connectivity index (χ2n) is 5.73. The minimum atomic E-state index is -3.07. The summed E-state index contributed by atoms with van der Waals surface area (Å²) in [6, 6.07) is 0. The van der Waals surface area contributed by atoms with E-state index in [1.54, 1.807) is 0 Å². The monoisotopic (exact) mass is 746 g/mol. The number of ether oxygens (including phenoxy) is 2. The first-order valence-electron chi connectivity index (χ1n) is 7.62. The number of carbonyl (C=O) groups excluding carboxylic acids is 2. The summed E-state index contributed by atoms with van der Waals surface area (Å²) in [5.74, 6) is -4.53. The van der Waals surface area contributed by atoms with Crippen LogP contribution in [0, 0.1) is 0 Å². The molecule has 2 aromatic carbocycles. The van der Waals surface area contributed by atoms with E-state index in [-0.39, 0.29) is 30.1 Å². The van der Waals surface area contributed by atoms with Crippen LogP contribution in [-0.2, 0) is 9.59 Å². The molecule has 0 aliphatic carbocycles.